The summed E-state index contributed by atoms with van der Waals surface area (Å²) in [5.74, 6) is 0. The SMILES string of the molecule is Cc1cc2[nH]c(=O)n(C)c(=O)c2cn1. The molecule has 2 rings (SSSR count). The highest BCUT2D eigenvalue weighted by Crippen LogP contribution is 2.03. The Kier molecular flexibility index (Phi) is 1.73. The largest absolute Gasteiger partial charge is 0.328 e. The van der Waals surface area contributed by atoms with Crippen molar-refractivity contribution < 1.29 is 0 Å². The van der Waals surface area contributed by atoms with Crippen molar-refractivity contribution in [3.05, 3.63) is 38.8 Å². The molecule has 14 heavy (non-hydrogen) atoms. The highest BCUT2D eigenvalue weighted by molar-refractivity contribution is 5.76. The van der Waals surface area contributed by atoms with Gasteiger partial charge >= 0.3 is 5.69 Å². The Morgan fingerprint density at radius 2 is 2.14 bits per heavy atom. The third-order valence-electron chi connectivity index (χ3n) is 2.12. The van der Waals surface area contributed by atoms with E-state index in [1.165, 1.54) is 13.2 Å². The minimum atomic E-state index is -0.409. The number of aryl methyl sites for hydroxylation is 1. The van der Waals surface area contributed by atoms with Gasteiger partial charge < -0.3 is 4.98 Å². The molecule has 5 nitrogen and oxygen atoms in total. The van der Waals surface area contributed by atoms with E-state index in [0.717, 1.165) is 10.3 Å². The molecule has 2 heterocycles. The van der Waals surface area contributed by atoms with Crippen LogP contribution in [0.4, 0.5) is 0 Å². The van der Waals surface area contributed by atoms with E-state index in [0.29, 0.717) is 10.9 Å². The van der Waals surface area contributed by atoms with Crippen molar-refractivity contribution in [3.63, 3.8) is 0 Å². The third-order valence-corrected chi connectivity index (χ3v) is 2.12. The van der Waals surface area contributed by atoms with Crippen LogP contribution in [0.5, 0.6) is 0 Å². The molecular weight excluding hydrogens is 182 g/mol. The number of nitrogens with one attached hydrogen (secondary N) is 1. The molecule has 1 N–H and O–H groups in total. The van der Waals surface area contributed by atoms with Crippen LogP contribution in [0.3, 0.4) is 0 Å². The van der Waals surface area contributed by atoms with Crippen molar-refractivity contribution in [3.8, 4) is 0 Å². The number of aromatic amines is 1. The van der Waals surface area contributed by atoms with Gasteiger partial charge in [-0.25, -0.2) is 4.79 Å². The summed E-state index contributed by atoms with van der Waals surface area (Å²) in [4.78, 5) is 29.4. The molecule has 0 unspecified atom stereocenters. The predicted molar refractivity (Wildman–Crippen MR) is 52.3 cm³/mol. The number of aromatic nitrogens is 3. The first kappa shape index (κ1) is 8.68. The van der Waals surface area contributed by atoms with Gasteiger partial charge in [0, 0.05) is 18.9 Å². The average molecular weight is 191 g/mol. The lowest BCUT2D eigenvalue weighted by Gasteiger charge is -2.00. The monoisotopic (exact) mass is 191 g/mol. The first-order valence-electron chi connectivity index (χ1n) is 4.15. The second-order valence-electron chi connectivity index (χ2n) is 3.17. The quantitative estimate of drug-likeness (QED) is 0.633. The minimum absolute atomic E-state index is 0.323. The van der Waals surface area contributed by atoms with E-state index in [9.17, 15) is 9.59 Å². The summed E-state index contributed by atoms with van der Waals surface area (Å²) in [6.45, 7) is 1.80. The first-order valence-corrected chi connectivity index (χ1v) is 4.15. The van der Waals surface area contributed by atoms with Gasteiger partial charge in [0.1, 0.15) is 0 Å². The van der Waals surface area contributed by atoms with Crippen LogP contribution in [0.15, 0.2) is 21.9 Å². The summed E-state index contributed by atoms with van der Waals surface area (Å²) in [7, 11) is 1.43. The summed E-state index contributed by atoms with van der Waals surface area (Å²) in [5, 5.41) is 0.428. The summed E-state index contributed by atoms with van der Waals surface area (Å²) >= 11 is 0. The second-order valence-corrected chi connectivity index (χ2v) is 3.17. The Bertz CT molecular complexity index is 609. The molecule has 0 aromatic carbocycles. The zero-order chi connectivity index (χ0) is 10.3. The number of hydrogen-bond acceptors (Lipinski definition) is 3. The van der Waals surface area contributed by atoms with Crippen molar-refractivity contribution in [1.29, 1.82) is 0 Å². The summed E-state index contributed by atoms with van der Waals surface area (Å²) in [6, 6.07) is 1.68. The van der Waals surface area contributed by atoms with Gasteiger partial charge in [0.25, 0.3) is 5.56 Å². The molecule has 0 bridgehead atoms. The molecule has 0 aliphatic carbocycles. The van der Waals surface area contributed by atoms with Gasteiger partial charge in [0.2, 0.25) is 0 Å². The van der Waals surface area contributed by atoms with Crippen LogP contribution in [-0.2, 0) is 7.05 Å². The number of pyridine rings is 1. The predicted octanol–water partition coefficient (Wildman–Crippen LogP) is -0.0698. The fourth-order valence-corrected chi connectivity index (χ4v) is 1.31. The molecule has 72 valence electrons. The lowest BCUT2D eigenvalue weighted by molar-refractivity contribution is 0.793. The summed E-state index contributed by atoms with van der Waals surface area (Å²) in [6.07, 6.45) is 1.48. The topological polar surface area (TPSA) is 67.8 Å². The highest BCUT2D eigenvalue weighted by atomic mass is 16.2. The molecule has 2 aromatic rings. The van der Waals surface area contributed by atoms with Gasteiger partial charge in [0.15, 0.2) is 0 Å². The summed E-state index contributed by atoms with van der Waals surface area (Å²) < 4.78 is 1.03. The van der Waals surface area contributed by atoms with Crippen LogP contribution in [0, 0.1) is 6.92 Å². The van der Waals surface area contributed by atoms with Gasteiger partial charge in [-0.05, 0) is 13.0 Å². The van der Waals surface area contributed by atoms with Crippen LogP contribution in [0.2, 0.25) is 0 Å². The minimum Gasteiger partial charge on any atom is -0.307 e. The van der Waals surface area contributed by atoms with Crippen LogP contribution in [0.1, 0.15) is 5.69 Å². The Morgan fingerprint density at radius 3 is 2.86 bits per heavy atom. The van der Waals surface area contributed by atoms with Crippen LogP contribution >= 0.6 is 0 Å². The Balaban J connectivity index is 3.06. The molecular formula is C9H9N3O2. The Labute approximate surface area is 79.0 Å². The van der Waals surface area contributed by atoms with Crippen molar-refractivity contribution in [1.82, 2.24) is 14.5 Å². The fraction of sp³-hybridized carbons (Fsp3) is 0.222. The van der Waals surface area contributed by atoms with Gasteiger partial charge in [-0.3, -0.25) is 14.3 Å². The van der Waals surface area contributed by atoms with Gasteiger partial charge in [-0.15, -0.1) is 0 Å². The standard InChI is InChI=1S/C9H9N3O2/c1-5-3-7-6(4-10-5)8(13)12(2)9(14)11-7/h3-4H,1-2H3,(H,11,14). The smallest absolute Gasteiger partial charge is 0.307 e. The second kappa shape index (κ2) is 2.80. The number of nitrogens with zero attached hydrogens (tertiary/aromatic N) is 2. The molecule has 0 saturated heterocycles. The van der Waals surface area contributed by atoms with E-state index in [-0.39, 0.29) is 5.56 Å². The molecule has 0 spiro atoms. The van der Waals surface area contributed by atoms with E-state index in [1.807, 2.05) is 0 Å². The zero-order valence-electron chi connectivity index (χ0n) is 7.87. The van der Waals surface area contributed by atoms with Crippen LogP contribution in [-0.4, -0.2) is 14.5 Å². The van der Waals surface area contributed by atoms with E-state index in [4.69, 9.17) is 0 Å². The molecule has 0 fully saturated rings. The number of hydrogen-bond donors (Lipinski definition) is 1. The lowest BCUT2D eigenvalue weighted by atomic mass is 10.3. The van der Waals surface area contributed by atoms with Crippen molar-refractivity contribution in [2.75, 3.05) is 0 Å². The van der Waals surface area contributed by atoms with Crippen LogP contribution in [0.25, 0.3) is 10.9 Å². The molecule has 2 aromatic heterocycles. The van der Waals surface area contributed by atoms with E-state index in [1.54, 1.807) is 13.0 Å². The average Bonchev–Trinajstić information content (AvgIpc) is 2.14. The normalized spacial score (nSPS) is 10.7. The third kappa shape index (κ3) is 1.14. The lowest BCUT2D eigenvalue weighted by Crippen LogP contribution is -2.32. The van der Waals surface area contributed by atoms with Crippen molar-refractivity contribution in [2.24, 2.45) is 7.05 Å². The van der Waals surface area contributed by atoms with Crippen molar-refractivity contribution in [2.45, 2.75) is 6.92 Å². The maximum Gasteiger partial charge on any atom is 0.328 e. The molecule has 0 aliphatic rings. The molecule has 0 radical (unpaired) electrons. The van der Waals surface area contributed by atoms with E-state index in [2.05, 4.69) is 9.97 Å². The molecule has 5 heteroatoms. The Hall–Kier alpha value is -1.91. The van der Waals surface area contributed by atoms with Crippen LogP contribution < -0.4 is 11.2 Å². The maximum absolute atomic E-state index is 11.6. The maximum atomic E-state index is 11.6. The molecule has 0 aliphatic heterocycles. The molecule has 0 amide bonds. The molecule has 0 atom stereocenters. The van der Waals surface area contributed by atoms with Crippen molar-refractivity contribution >= 4 is 10.9 Å². The number of H-pyrrole nitrogens is 1. The number of fused-ring (bicyclic) bond motifs is 1. The fourth-order valence-electron chi connectivity index (χ4n) is 1.31. The van der Waals surface area contributed by atoms with Gasteiger partial charge in [-0.1, -0.05) is 0 Å². The van der Waals surface area contributed by atoms with Gasteiger partial charge in [0.05, 0.1) is 10.9 Å². The zero-order valence-corrected chi connectivity index (χ0v) is 7.87. The first-order chi connectivity index (χ1) is 6.59. The van der Waals surface area contributed by atoms with Gasteiger partial charge in [-0.2, -0.15) is 0 Å². The number of rotatable bonds is 0. The molecule has 0 saturated carbocycles. The van der Waals surface area contributed by atoms with E-state index < -0.39 is 5.69 Å². The summed E-state index contributed by atoms with van der Waals surface area (Å²) in [5.41, 5.74) is 0.566. The Morgan fingerprint density at radius 1 is 1.43 bits per heavy atom. The highest BCUT2D eigenvalue weighted by Gasteiger charge is 2.03. The van der Waals surface area contributed by atoms with E-state index >= 15 is 0 Å².